The number of rotatable bonds is 2. The molecule has 0 amide bonds. The van der Waals surface area contributed by atoms with Crippen LogP contribution in [0.4, 0.5) is 5.82 Å². The summed E-state index contributed by atoms with van der Waals surface area (Å²) in [6, 6.07) is 9.96. The van der Waals surface area contributed by atoms with E-state index < -0.39 is 0 Å². The lowest BCUT2D eigenvalue weighted by atomic mass is 10.0. The Morgan fingerprint density at radius 1 is 1.35 bits per heavy atom. The Morgan fingerprint density at radius 2 is 2.06 bits per heavy atom. The van der Waals surface area contributed by atoms with Gasteiger partial charge in [0.05, 0.1) is 11.9 Å². The molecule has 1 aromatic heterocycles. The molecule has 2 rings (SSSR count). The van der Waals surface area contributed by atoms with Crippen molar-refractivity contribution in [3.8, 4) is 11.8 Å². The Morgan fingerprint density at radius 3 is 2.65 bits per heavy atom. The van der Waals surface area contributed by atoms with Gasteiger partial charge in [0.15, 0.2) is 0 Å². The van der Waals surface area contributed by atoms with Gasteiger partial charge in [-0.1, -0.05) is 32.0 Å². The molecule has 0 spiro atoms. The van der Waals surface area contributed by atoms with Crippen LogP contribution in [0.15, 0.2) is 30.5 Å². The van der Waals surface area contributed by atoms with E-state index in [2.05, 4.69) is 18.9 Å². The average Bonchev–Trinajstić information content (AvgIpc) is 2.70. The van der Waals surface area contributed by atoms with Crippen LogP contribution >= 0.6 is 0 Å². The van der Waals surface area contributed by atoms with Crippen LogP contribution in [0.3, 0.4) is 0 Å². The minimum absolute atomic E-state index is 0.375. The smallest absolute Gasteiger partial charge is 0.145 e. The standard InChI is InChI=1S/C13H14N4/c1-9(2)11-5-3-4-6-12(11)17-13(15)10(7-14)8-16-17/h3-6,8-9H,15H2,1-2H3. The summed E-state index contributed by atoms with van der Waals surface area (Å²) in [6.45, 7) is 4.23. The first-order valence-electron chi connectivity index (χ1n) is 5.48. The number of hydrogen-bond acceptors (Lipinski definition) is 3. The Labute approximate surface area is 100 Å². The third-order valence-corrected chi connectivity index (χ3v) is 2.71. The molecule has 1 aromatic carbocycles. The number of nitrogens with two attached hydrogens (primary N) is 1. The van der Waals surface area contributed by atoms with Gasteiger partial charge in [-0.05, 0) is 17.5 Å². The number of nitriles is 1. The summed E-state index contributed by atoms with van der Waals surface area (Å²) in [4.78, 5) is 0. The van der Waals surface area contributed by atoms with Crippen molar-refractivity contribution >= 4 is 5.82 Å². The molecule has 0 bridgehead atoms. The normalized spacial score (nSPS) is 10.5. The van der Waals surface area contributed by atoms with Gasteiger partial charge < -0.3 is 5.73 Å². The SMILES string of the molecule is CC(C)c1ccccc1-n1ncc(C#N)c1N. The second-order valence-corrected chi connectivity index (χ2v) is 4.18. The molecule has 0 aliphatic heterocycles. The summed E-state index contributed by atoms with van der Waals surface area (Å²) < 4.78 is 1.62. The predicted molar refractivity (Wildman–Crippen MR) is 66.8 cm³/mol. The summed E-state index contributed by atoms with van der Waals surface area (Å²) in [5.74, 6) is 0.765. The van der Waals surface area contributed by atoms with Crippen LogP contribution < -0.4 is 5.73 Å². The van der Waals surface area contributed by atoms with E-state index in [-0.39, 0.29) is 0 Å². The van der Waals surface area contributed by atoms with E-state index in [1.165, 1.54) is 6.20 Å². The predicted octanol–water partition coefficient (Wildman–Crippen LogP) is 2.45. The van der Waals surface area contributed by atoms with Crippen molar-refractivity contribution in [3.05, 3.63) is 41.6 Å². The minimum atomic E-state index is 0.375. The number of anilines is 1. The molecule has 86 valence electrons. The van der Waals surface area contributed by atoms with Crippen molar-refractivity contribution in [1.82, 2.24) is 9.78 Å². The van der Waals surface area contributed by atoms with Crippen molar-refractivity contribution in [2.45, 2.75) is 19.8 Å². The molecule has 0 saturated carbocycles. The third-order valence-electron chi connectivity index (χ3n) is 2.71. The second kappa shape index (κ2) is 4.30. The molecule has 17 heavy (non-hydrogen) atoms. The Kier molecular flexibility index (Phi) is 2.84. The van der Waals surface area contributed by atoms with Gasteiger partial charge in [-0.25, -0.2) is 4.68 Å². The van der Waals surface area contributed by atoms with Crippen LogP contribution in [0.2, 0.25) is 0 Å². The van der Waals surface area contributed by atoms with Crippen LogP contribution in [0.25, 0.3) is 5.69 Å². The lowest BCUT2D eigenvalue weighted by Gasteiger charge is -2.13. The molecule has 0 atom stereocenters. The van der Waals surface area contributed by atoms with Gasteiger partial charge in [0.2, 0.25) is 0 Å². The van der Waals surface area contributed by atoms with Crippen LogP contribution in [-0.4, -0.2) is 9.78 Å². The van der Waals surface area contributed by atoms with Crippen molar-refractivity contribution in [2.24, 2.45) is 0 Å². The lowest BCUT2D eigenvalue weighted by Crippen LogP contribution is -2.06. The van der Waals surface area contributed by atoms with E-state index in [1.54, 1.807) is 4.68 Å². The Hall–Kier alpha value is -2.28. The highest BCUT2D eigenvalue weighted by atomic mass is 15.3. The minimum Gasteiger partial charge on any atom is -0.382 e. The zero-order valence-corrected chi connectivity index (χ0v) is 9.88. The molecule has 0 radical (unpaired) electrons. The highest BCUT2D eigenvalue weighted by molar-refractivity contribution is 5.55. The number of nitrogens with zero attached hydrogens (tertiary/aromatic N) is 3. The van der Waals surface area contributed by atoms with E-state index >= 15 is 0 Å². The number of para-hydroxylation sites is 1. The number of nitrogen functional groups attached to an aromatic ring is 1. The summed E-state index contributed by atoms with van der Waals surface area (Å²) in [6.07, 6.45) is 1.49. The Bertz CT molecular complexity index is 575. The first-order valence-corrected chi connectivity index (χ1v) is 5.48. The largest absolute Gasteiger partial charge is 0.382 e. The van der Waals surface area contributed by atoms with E-state index in [0.29, 0.717) is 17.3 Å². The topological polar surface area (TPSA) is 67.6 Å². The van der Waals surface area contributed by atoms with E-state index in [0.717, 1.165) is 11.3 Å². The number of aromatic nitrogens is 2. The Balaban J connectivity index is 2.61. The number of hydrogen-bond donors (Lipinski definition) is 1. The van der Waals surface area contributed by atoms with E-state index in [9.17, 15) is 0 Å². The van der Waals surface area contributed by atoms with Crippen LogP contribution in [0.1, 0.15) is 30.9 Å². The van der Waals surface area contributed by atoms with Gasteiger partial charge in [0.1, 0.15) is 17.5 Å². The molecular formula is C13H14N4. The fraction of sp³-hybridized carbons (Fsp3) is 0.231. The fourth-order valence-corrected chi connectivity index (χ4v) is 1.80. The van der Waals surface area contributed by atoms with Crippen molar-refractivity contribution in [1.29, 1.82) is 5.26 Å². The number of benzene rings is 1. The van der Waals surface area contributed by atoms with Gasteiger partial charge in [0.25, 0.3) is 0 Å². The lowest BCUT2D eigenvalue weighted by molar-refractivity contribution is 0.814. The molecule has 2 aromatic rings. The molecule has 1 heterocycles. The fourth-order valence-electron chi connectivity index (χ4n) is 1.80. The molecule has 0 fully saturated rings. The van der Waals surface area contributed by atoms with Gasteiger partial charge in [-0.3, -0.25) is 0 Å². The van der Waals surface area contributed by atoms with Crippen LogP contribution in [-0.2, 0) is 0 Å². The average molecular weight is 226 g/mol. The van der Waals surface area contributed by atoms with Gasteiger partial charge in [-0.15, -0.1) is 0 Å². The summed E-state index contributed by atoms with van der Waals surface area (Å²) in [7, 11) is 0. The maximum Gasteiger partial charge on any atom is 0.145 e. The van der Waals surface area contributed by atoms with E-state index in [1.807, 2.05) is 30.3 Å². The molecule has 0 unspecified atom stereocenters. The molecule has 2 N–H and O–H groups in total. The molecule has 0 saturated heterocycles. The highest BCUT2D eigenvalue weighted by Gasteiger charge is 2.13. The van der Waals surface area contributed by atoms with Gasteiger partial charge in [-0.2, -0.15) is 10.4 Å². The first-order chi connectivity index (χ1) is 8.15. The molecule has 4 nitrogen and oxygen atoms in total. The summed E-state index contributed by atoms with van der Waals surface area (Å²) in [5, 5.41) is 13.0. The summed E-state index contributed by atoms with van der Waals surface area (Å²) >= 11 is 0. The van der Waals surface area contributed by atoms with Crippen LogP contribution in [0.5, 0.6) is 0 Å². The molecule has 0 aliphatic rings. The highest BCUT2D eigenvalue weighted by Crippen LogP contribution is 2.25. The van der Waals surface area contributed by atoms with Crippen molar-refractivity contribution < 1.29 is 0 Å². The third kappa shape index (κ3) is 1.87. The summed E-state index contributed by atoms with van der Waals surface area (Å²) in [5.41, 5.74) is 8.39. The maximum absolute atomic E-state index is 8.87. The van der Waals surface area contributed by atoms with Crippen molar-refractivity contribution in [2.75, 3.05) is 5.73 Å². The molecular weight excluding hydrogens is 212 g/mol. The van der Waals surface area contributed by atoms with Crippen LogP contribution in [0, 0.1) is 11.3 Å². The zero-order valence-electron chi connectivity index (χ0n) is 9.88. The first kappa shape index (κ1) is 11.2. The second-order valence-electron chi connectivity index (χ2n) is 4.18. The van der Waals surface area contributed by atoms with Gasteiger partial charge >= 0.3 is 0 Å². The molecule has 4 heteroatoms. The molecule has 0 aliphatic carbocycles. The monoisotopic (exact) mass is 226 g/mol. The quantitative estimate of drug-likeness (QED) is 0.855. The van der Waals surface area contributed by atoms with Crippen molar-refractivity contribution in [3.63, 3.8) is 0 Å². The maximum atomic E-state index is 8.87. The van der Waals surface area contributed by atoms with Gasteiger partial charge in [0, 0.05) is 0 Å². The van der Waals surface area contributed by atoms with E-state index in [4.69, 9.17) is 11.0 Å². The zero-order chi connectivity index (χ0) is 12.4.